The topological polar surface area (TPSA) is 105 Å². The van der Waals surface area contributed by atoms with Crippen molar-refractivity contribution in [2.45, 2.75) is 25.3 Å². The van der Waals surface area contributed by atoms with Crippen LogP contribution in [0.2, 0.25) is 5.02 Å². The molecule has 2 rings (SSSR count). The van der Waals surface area contributed by atoms with E-state index >= 15 is 0 Å². The zero-order valence-corrected chi connectivity index (χ0v) is 12.6. The largest absolute Gasteiger partial charge is 0.477 e. The second kappa shape index (κ2) is 6.20. The lowest BCUT2D eigenvalue weighted by Gasteiger charge is -2.22. The molecule has 0 spiro atoms. The number of nitro groups is 1. The van der Waals surface area contributed by atoms with E-state index in [1.165, 1.54) is 12.1 Å². The van der Waals surface area contributed by atoms with Crippen molar-refractivity contribution in [3.05, 3.63) is 33.3 Å². The summed E-state index contributed by atoms with van der Waals surface area (Å²) in [5, 5.41) is 22.9. The van der Waals surface area contributed by atoms with Gasteiger partial charge < -0.3 is 10.1 Å². The van der Waals surface area contributed by atoms with Crippen LogP contribution in [0.25, 0.3) is 0 Å². The third-order valence-corrected chi connectivity index (χ3v) is 3.74. The Morgan fingerprint density at radius 3 is 2.86 bits per heavy atom. The molecule has 0 aliphatic heterocycles. The van der Waals surface area contributed by atoms with Crippen molar-refractivity contribution in [2.75, 3.05) is 6.61 Å². The standard InChI is InChI=1S/C14H14ClN3O4/c1-14(8-16,9-2-3-9)17-13(19)7-22-12-5-4-10(15)6-11(12)18(20)21/h4-6,9H,2-3,7H2,1H3,(H,17,19). The fraction of sp³-hybridized carbons (Fsp3) is 0.429. The zero-order chi connectivity index (χ0) is 16.3. The fourth-order valence-electron chi connectivity index (χ4n) is 2.11. The number of carbonyl (C=O) groups excluding carboxylic acids is 1. The monoisotopic (exact) mass is 323 g/mol. The van der Waals surface area contributed by atoms with E-state index in [1.54, 1.807) is 6.92 Å². The number of carbonyl (C=O) groups is 1. The van der Waals surface area contributed by atoms with Gasteiger partial charge >= 0.3 is 5.69 Å². The van der Waals surface area contributed by atoms with Gasteiger partial charge in [0, 0.05) is 11.1 Å². The van der Waals surface area contributed by atoms with Crippen LogP contribution in [0.15, 0.2) is 18.2 Å². The lowest BCUT2D eigenvalue weighted by atomic mass is 9.98. The first kappa shape index (κ1) is 16.0. The molecule has 7 nitrogen and oxygen atoms in total. The molecule has 1 aliphatic rings. The number of nitrogens with one attached hydrogen (secondary N) is 1. The predicted octanol–water partition coefficient (Wildman–Crippen LogP) is 2.44. The summed E-state index contributed by atoms with van der Waals surface area (Å²) in [6.45, 7) is 1.25. The molecule has 1 aromatic rings. The predicted molar refractivity (Wildman–Crippen MR) is 78.5 cm³/mol. The second-order valence-corrected chi connectivity index (χ2v) is 5.73. The summed E-state index contributed by atoms with van der Waals surface area (Å²) < 4.78 is 5.18. The molecule has 1 atom stereocenters. The van der Waals surface area contributed by atoms with Gasteiger partial charge in [0.2, 0.25) is 0 Å². The molecule has 8 heteroatoms. The van der Waals surface area contributed by atoms with Crippen molar-refractivity contribution in [3.8, 4) is 11.8 Å². The van der Waals surface area contributed by atoms with Crippen molar-refractivity contribution >= 4 is 23.2 Å². The van der Waals surface area contributed by atoms with E-state index in [4.69, 9.17) is 21.6 Å². The highest BCUT2D eigenvalue weighted by atomic mass is 35.5. The summed E-state index contributed by atoms with van der Waals surface area (Å²) in [7, 11) is 0. The summed E-state index contributed by atoms with van der Waals surface area (Å²) in [5.41, 5.74) is -1.24. The van der Waals surface area contributed by atoms with Gasteiger partial charge in [0.1, 0.15) is 5.54 Å². The molecule has 1 aromatic carbocycles. The molecule has 0 radical (unpaired) electrons. The van der Waals surface area contributed by atoms with E-state index < -0.39 is 23.0 Å². The number of rotatable bonds is 6. The maximum Gasteiger partial charge on any atom is 0.312 e. The molecule has 1 amide bonds. The van der Waals surface area contributed by atoms with Gasteiger partial charge in [-0.05, 0) is 37.8 Å². The number of ether oxygens (including phenoxy) is 1. The number of nitro benzene ring substituents is 1. The van der Waals surface area contributed by atoms with Crippen LogP contribution in [-0.4, -0.2) is 23.0 Å². The van der Waals surface area contributed by atoms with E-state index in [1.807, 2.05) is 0 Å². The number of amides is 1. The molecule has 1 saturated carbocycles. The Labute approximate surface area is 132 Å². The summed E-state index contributed by atoms with van der Waals surface area (Å²) in [6.07, 6.45) is 1.79. The summed E-state index contributed by atoms with van der Waals surface area (Å²) in [4.78, 5) is 22.2. The Morgan fingerprint density at radius 1 is 1.64 bits per heavy atom. The Balaban J connectivity index is 2.00. The average Bonchev–Trinajstić information content (AvgIpc) is 3.30. The van der Waals surface area contributed by atoms with Crippen molar-refractivity contribution < 1.29 is 14.5 Å². The van der Waals surface area contributed by atoms with Gasteiger partial charge in [-0.3, -0.25) is 14.9 Å². The average molecular weight is 324 g/mol. The minimum absolute atomic E-state index is 0.0466. The Hall–Kier alpha value is -2.33. The lowest BCUT2D eigenvalue weighted by Crippen LogP contribution is -2.48. The van der Waals surface area contributed by atoms with E-state index in [0.29, 0.717) is 0 Å². The maximum atomic E-state index is 11.9. The SMILES string of the molecule is CC(C#N)(NC(=O)COc1ccc(Cl)cc1[N+](=O)[O-])C1CC1. The van der Waals surface area contributed by atoms with E-state index in [9.17, 15) is 14.9 Å². The summed E-state index contributed by atoms with van der Waals surface area (Å²) in [6, 6.07) is 6.01. The van der Waals surface area contributed by atoms with Gasteiger partial charge in [-0.15, -0.1) is 0 Å². The quantitative estimate of drug-likeness (QED) is 0.639. The molecule has 0 aromatic heterocycles. The molecule has 0 saturated heterocycles. The zero-order valence-electron chi connectivity index (χ0n) is 11.8. The molecule has 1 fully saturated rings. The number of hydrogen-bond acceptors (Lipinski definition) is 5. The summed E-state index contributed by atoms with van der Waals surface area (Å²) in [5.74, 6) is -0.402. The minimum atomic E-state index is -0.924. The van der Waals surface area contributed by atoms with Crippen molar-refractivity contribution in [1.29, 1.82) is 5.26 Å². The molecule has 1 N–H and O–H groups in total. The highest BCUT2D eigenvalue weighted by molar-refractivity contribution is 6.30. The Bertz CT molecular complexity index is 654. The first-order chi connectivity index (χ1) is 10.4. The fourth-order valence-corrected chi connectivity index (χ4v) is 2.27. The van der Waals surface area contributed by atoms with Gasteiger partial charge in [-0.25, -0.2) is 0 Å². The van der Waals surface area contributed by atoms with Gasteiger partial charge in [0.05, 0.1) is 11.0 Å². The van der Waals surface area contributed by atoms with Gasteiger partial charge in [0.25, 0.3) is 5.91 Å². The number of halogens is 1. The molecule has 1 aliphatic carbocycles. The first-order valence-electron chi connectivity index (χ1n) is 6.65. The first-order valence-corrected chi connectivity index (χ1v) is 7.02. The number of nitriles is 1. The van der Waals surface area contributed by atoms with Crippen LogP contribution in [0, 0.1) is 27.4 Å². The van der Waals surface area contributed by atoms with Crippen molar-refractivity contribution in [1.82, 2.24) is 5.32 Å². The smallest absolute Gasteiger partial charge is 0.312 e. The number of hydrogen-bond donors (Lipinski definition) is 1. The van der Waals surface area contributed by atoms with Crippen LogP contribution < -0.4 is 10.1 Å². The normalized spacial score (nSPS) is 16.2. The van der Waals surface area contributed by atoms with Crippen LogP contribution in [0.1, 0.15) is 19.8 Å². The lowest BCUT2D eigenvalue weighted by molar-refractivity contribution is -0.385. The molecule has 0 bridgehead atoms. The third kappa shape index (κ3) is 3.65. The van der Waals surface area contributed by atoms with Crippen LogP contribution >= 0.6 is 11.6 Å². The van der Waals surface area contributed by atoms with Crippen LogP contribution in [0.5, 0.6) is 5.75 Å². The number of benzene rings is 1. The molecular weight excluding hydrogens is 310 g/mol. The van der Waals surface area contributed by atoms with Crippen LogP contribution in [0.4, 0.5) is 5.69 Å². The van der Waals surface area contributed by atoms with Crippen LogP contribution in [-0.2, 0) is 4.79 Å². The molecule has 1 unspecified atom stereocenters. The van der Waals surface area contributed by atoms with Crippen LogP contribution in [0.3, 0.4) is 0 Å². The molecule has 22 heavy (non-hydrogen) atoms. The highest BCUT2D eigenvalue weighted by Crippen LogP contribution is 2.39. The molecule has 0 heterocycles. The van der Waals surface area contributed by atoms with Gasteiger partial charge in [0.15, 0.2) is 12.4 Å². The minimum Gasteiger partial charge on any atom is -0.477 e. The van der Waals surface area contributed by atoms with Gasteiger partial charge in [-0.2, -0.15) is 5.26 Å². The van der Waals surface area contributed by atoms with E-state index in [2.05, 4.69) is 11.4 Å². The molecular formula is C14H14ClN3O4. The Kier molecular flexibility index (Phi) is 4.52. The summed E-state index contributed by atoms with van der Waals surface area (Å²) >= 11 is 5.70. The van der Waals surface area contributed by atoms with Crippen molar-refractivity contribution in [3.63, 3.8) is 0 Å². The second-order valence-electron chi connectivity index (χ2n) is 5.29. The number of nitrogens with zero attached hydrogens (tertiary/aromatic N) is 2. The van der Waals surface area contributed by atoms with E-state index in [-0.39, 0.29) is 22.4 Å². The van der Waals surface area contributed by atoms with Gasteiger partial charge in [-0.1, -0.05) is 11.6 Å². The van der Waals surface area contributed by atoms with E-state index in [0.717, 1.165) is 18.9 Å². The third-order valence-electron chi connectivity index (χ3n) is 3.50. The van der Waals surface area contributed by atoms with Crippen molar-refractivity contribution in [2.24, 2.45) is 5.92 Å². The Morgan fingerprint density at radius 2 is 2.32 bits per heavy atom. The highest BCUT2D eigenvalue weighted by Gasteiger charge is 2.43. The maximum absolute atomic E-state index is 11.9. The molecule has 116 valence electrons.